The van der Waals surface area contributed by atoms with Gasteiger partial charge in [0, 0.05) is 6.42 Å². The van der Waals surface area contributed by atoms with Gasteiger partial charge in [0.05, 0.1) is 6.54 Å². The summed E-state index contributed by atoms with van der Waals surface area (Å²) in [5, 5.41) is 0. The Hall–Kier alpha value is -0.760. The second kappa shape index (κ2) is 3.58. The van der Waals surface area contributed by atoms with Crippen LogP contribution in [0.1, 0.15) is 25.4 Å². The molecule has 2 N–H and O–H groups in total. The summed E-state index contributed by atoms with van der Waals surface area (Å²) in [6, 6.07) is 3.94. The van der Waals surface area contributed by atoms with E-state index in [4.69, 9.17) is 10.2 Å². The predicted molar refractivity (Wildman–Crippen MR) is 45.1 cm³/mol. The molecule has 1 aromatic rings. The quantitative estimate of drug-likeness (QED) is 0.720. The molecule has 0 radical (unpaired) electrons. The fourth-order valence-corrected chi connectivity index (χ4v) is 1.04. The molecular weight excluding hydrogens is 138 g/mol. The molecule has 2 heteroatoms. The third kappa shape index (κ3) is 2.39. The second-order valence-electron chi connectivity index (χ2n) is 3.17. The highest BCUT2D eigenvalue weighted by Crippen LogP contribution is 2.11. The monoisotopic (exact) mass is 153 g/mol. The third-order valence-electron chi connectivity index (χ3n) is 1.53. The van der Waals surface area contributed by atoms with Crippen LogP contribution in [0.25, 0.3) is 0 Å². The van der Waals surface area contributed by atoms with E-state index in [9.17, 15) is 0 Å². The first-order valence-corrected chi connectivity index (χ1v) is 4.00. The van der Waals surface area contributed by atoms with Crippen LogP contribution in [0, 0.1) is 5.92 Å². The van der Waals surface area contributed by atoms with Crippen LogP contribution in [-0.2, 0) is 13.0 Å². The smallest absolute Gasteiger partial charge is 0.117 e. The Morgan fingerprint density at radius 3 is 2.45 bits per heavy atom. The van der Waals surface area contributed by atoms with Crippen molar-refractivity contribution in [1.29, 1.82) is 0 Å². The SMILES string of the molecule is CC(C)Cc1ccc(CN)o1. The molecule has 0 aliphatic rings. The Bertz CT molecular complexity index is 215. The van der Waals surface area contributed by atoms with Gasteiger partial charge in [-0.25, -0.2) is 0 Å². The average Bonchev–Trinajstić information content (AvgIpc) is 2.34. The maximum Gasteiger partial charge on any atom is 0.117 e. The summed E-state index contributed by atoms with van der Waals surface area (Å²) in [4.78, 5) is 0. The van der Waals surface area contributed by atoms with Crippen molar-refractivity contribution < 1.29 is 4.42 Å². The minimum atomic E-state index is 0.498. The van der Waals surface area contributed by atoms with E-state index in [1.165, 1.54) is 0 Å². The van der Waals surface area contributed by atoms with Crippen LogP contribution in [0.2, 0.25) is 0 Å². The number of hydrogen-bond donors (Lipinski definition) is 1. The highest BCUT2D eigenvalue weighted by atomic mass is 16.3. The molecule has 0 unspecified atom stereocenters. The van der Waals surface area contributed by atoms with Crippen LogP contribution in [-0.4, -0.2) is 0 Å². The van der Waals surface area contributed by atoms with Crippen molar-refractivity contribution in [2.45, 2.75) is 26.8 Å². The van der Waals surface area contributed by atoms with Crippen LogP contribution in [0.4, 0.5) is 0 Å². The molecule has 2 nitrogen and oxygen atoms in total. The van der Waals surface area contributed by atoms with Crippen LogP contribution < -0.4 is 5.73 Å². The van der Waals surface area contributed by atoms with Crippen molar-refractivity contribution in [1.82, 2.24) is 0 Å². The average molecular weight is 153 g/mol. The van der Waals surface area contributed by atoms with E-state index in [-0.39, 0.29) is 0 Å². The van der Waals surface area contributed by atoms with Gasteiger partial charge in [-0.15, -0.1) is 0 Å². The topological polar surface area (TPSA) is 39.2 Å². The van der Waals surface area contributed by atoms with Crippen molar-refractivity contribution in [2.24, 2.45) is 11.7 Å². The molecular formula is C9H15NO. The summed E-state index contributed by atoms with van der Waals surface area (Å²) in [6.45, 7) is 4.84. The van der Waals surface area contributed by atoms with Gasteiger partial charge in [-0.05, 0) is 18.1 Å². The fourth-order valence-electron chi connectivity index (χ4n) is 1.04. The Kier molecular flexibility index (Phi) is 2.71. The van der Waals surface area contributed by atoms with Crippen LogP contribution >= 0.6 is 0 Å². The van der Waals surface area contributed by atoms with Crippen LogP contribution in [0.3, 0.4) is 0 Å². The molecule has 0 bridgehead atoms. The largest absolute Gasteiger partial charge is 0.465 e. The molecule has 1 rings (SSSR count). The molecule has 0 aliphatic carbocycles. The summed E-state index contributed by atoms with van der Waals surface area (Å²) in [5.41, 5.74) is 5.40. The number of hydrogen-bond acceptors (Lipinski definition) is 2. The van der Waals surface area contributed by atoms with Gasteiger partial charge >= 0.3 is 0 Å². The molecule has 0 fully saturated rings. The predicted octanol–water partition coefficient (Wildman–Crippen LogP) is 1.94. The lowest BCUT2D eigenvalue weighted by Gasteiger charge is -1.99. The highest BCUT2D eigenvalue weighted by Gasteiger charge is 2.02. The van der Waals surface area contributed by atoms with E-state index >= 15 is 0 Å². The molecule has 0 spiro atoms. The van der Waals surface area contributed by atoms with Gasteiger partial charge in [-0.2, -0.15) is 0 Å². The van der Waals surface area contributed by atoms with Gasteiger partial charge in [0.25, 0.3) is 0 Å². The summed E-state index contributed by atoms with van der Waals surface area (Å²) >= 11 is 0. The summed E-state index contributed by atoms with van der Waals surface area (Å²) in [7, 11) is 0. The lowest BCUT2D eigenvalue weighted by atomic mass is 10.1. The Balaban J connectivity index is 2.58. The van der Waals surface area contributed by atoms with Crippen molar-refractivity contribution in [3.63, 3.8) is 0 Å². The highest BCUT2D eigenvalue weighted by molar-refractivity contribution is 5.07. The molecule has 1 aromatic heterocycles. The summed E-state index contributed by atoms with van der Waals surface area (Å²) in [5.74, 6) is 2.56. The molecule has 0 saturated carbocycles. The van der Waals surface area contributed by atoms with E-state index in [0.29, 0.717) is 12.5 Å². The minimum absolute atomic E-state index is 0.498. The van der Waals surface area contributed by atoms with E-state index in [1.54, 1.807) is 0 Å². The molecule has 11 heavy (non-hydrogen) atoms. The van der Waals surface area contributed by atoms with E-state index < -0.39 is 0 Å². The third-order valence-corrected chi connectivity index (χ3v) is 1.53. The summed E-state index contributed by atoms with van der Waals surface area (Å²) < 4.78 is 5.42. The molecule has 0 saturated heterocycles. The number of rotatable bonds is 3. The number of furan rings is 1. The van der Waals surface area contributed by atoms with Crippen molar-refractivity contribution in [3.05, 3.63) is 23.7 Å². The van der Waals surface area contributed by atoms with Gasteiger partial charge in [0.2, 0.25) is 0 Å². The first kappa shape index (κ1) is 8.34. The van der Waals surface area contributed by atoms with E-state index in [1.807, 2.05) is 12.1 Å². The second-order valence-corrected chi connectivity index (χ2v) is 3.17. The zero-order valence-corrected chi connectivity index (χ0v) is 7.13. The molecule has 0 amide bonds. The maximum absolute atomic E-state index is 5.42. The Labute approximate surface area is 67.4 Å². The van der Waals surface area contributed by atoms with Crippen LogP contribution in [0.5, 0.6) is 0 Å². The van der Waals surface area contributed by atoms with E-state index in [0.717, 1.165) is 17.9 Å². The Morgan fingerprint density at radius 2 is 2.00 bits per heavy atom. The molecule has 0 aromatic carbocycles. The zero-order chi connectivity index (χ0) is 8.27. The van der Waals surface area contributed by atoms with Gasteiger partial charge in [-0.1, -0.05) is 13.8 Å². The van der Waals surface area contributed by atoms with E-state index in [2.05, 4.69) is 13.8 Å². The normalized spacial score (nSPS) is 10.9. The van der Waals surface area contributed by atoms with Gasteiger partial charge < -0.3 is 10.2 Å². The minimum Gasteiger partial charge on any atom is -0.465 e. The first-order chi connectivity index (χ1) is 5.22. The van der Waals surface area contributed by atoms with Crippen molar-refractivity contribution >= 4 is 0 Å². The molecule has 0 aliphatic heterocycles. The maximum atomic E-state index is 5.42. The lowest BCUT2D eigenvalue weighted by Crippen LogP contribution is -1.94. The molecule has 1 heterocycles. The van der Waals surface area contributed by atoms with Gasteiger partial charge in [0.1, 0.15) is 11.5 Å². The summed E-state index contributed by atoms with van der Waals surface area (Å²) in [6.07, 6.45) is 1.00. The lowest BCUT2D eigenvalue weighted by molar-refractivity contribution is 0.441. The number of nitrogens with two attached hydrogens (primary N) is 1. The first-order valence-electron chi connectivity index (χ1n) is 4.00. The van der Waals surface area contributed by atoms with Gasteiger partial charge in [-0.3, -0.25) is 0 Å². The molecule has 0 atom stereocenters. The van der Waals surface area contributed by atoms with Gasteiger partial charge in [0.15, 0.2) is 0 Å². The van der Waals surface area contributed by atoms with Crippen molar-refractivity contribution in [2.75, 3.05) is 0 Å². The standard InChI is InChI=1S/C9H15NO/c1-7(2)5-8-3-4-9(6-10)11-8/h3-4,7H,5-6,10H2,1-2H3. The van der Waals surface area contributed by atoms with Crippen molar-refractivity contribution in [3.8, 4) is 0 Å². The fraction of sp³-hybridized carbons (Fsp3) is 0.556. The molecule has 62 valence electrons. The zero-order valence-electron chi connectivity index (χ0n) is 7.13. The Morgan fingerprint density at radius 1 is 1.36 bits per heavy atom. The van der Waals surface area contributed by atoms with Crippen LogP contribution in [0.15, 0.2) is 16.5 Å².